The number of nitrogens with one attached hydrogen (secondary N) is 1. The molecule has 6 nitrogen and oxygen atoms in total. The number of nitro benzene ring substituents is 1. The summed E-state index contributed by atoms with van der Waals surface area (Å²) in [6.07, 6.45) is 0. The number of ether oxygens (including phenoxy) is 1. The minimum Gasteiger partial charge on any atom is -0.467 e. The zero-order chi connectivity index (χ0) is 20.2. The van der Waals surface area contributed by atoms with Crippen molar-refractivity contribution in [2.45, 2.75) is 45.4 Å². The number of benzene rings is 2. The summed E-state index contributed by atoms with van der Waals surface area (Å²) < 4.78 is 6.43. The van der Waals surface area contributed by atoms with Gasteiger partial charge in [-0.05, 0) is 48.8 Å². The van der Waals surface area contributed by atoms with Crippen LogP contribution in [0.5, 0.6) is 5.75 Å². The summed E-state index contributed by atoms with van der Waals surface area (Å²) in [6.45, 7) is 8.43. The Hall–Kier alpha value is -2.67. The average molecular weight is 398 g/mol. The van der Waals surface area contributed by atoms with Gasteiger partial charge in [-0.1, -0.05) is 32.9 Å². The minimum absolute atomic E-state index is 0.0125. The molecule has 2 heterocycles. The normalized spacial score (nSPS) is 25.8. The van der Waals surface area contributed by atoms with Crippen molar-refractivity contribution in [3.05, 3.63) is 63.7 Å². The second-order valence-electron chi connectivity index (χ2n) is 7.93. The van der Waals surface area contributed by atoms with Crippen molar-refractivity contribution in [2.75, 3.05) is 4.90 Å². The van der Waals surface area contributed by atoms with E-state index in [-0.39, 0.29) is 22.6 Å². The molecule has 0 spiro atoms. The third-order valence-electron chi connectivity index (χ3n) is 5.94. The highest BCUT2D eigenvalue weighted by Gasteiger charge is 2.54. The molecule has 2 aromatic rings. The number of nitrogens with zero attached hydrogens (tertiary/aromatic N) is 2. The van der Waals surface area contributed by atoms with E-state index < -0.39 is 5.72 Å². The Balaban J connectivity index is 1.78. The van der Waals surface area contributed by atoms with Crippen LogP contribution in [0.2, 0.25) is 0 Å². The molecular formula is C21H23N3O3S. The number of hydrogen-bond donors (Lipinski definition) is 1. The molecule has 2 bridgehead atoms. The fourth-order valence-electron chi connectivity index (χ4n) is 4.11. The van der Waals surface area contributed by atoms with Gasteiger partial charge in [-0.3, -0.25) is 15.0 Å². The summed E-state index contributed by atoms with van der Waals surface area (Å²) in [4.78, 5) is 12.8. The van der Waals surface area contributed by atoms with Crippen LogP contribution in [0, 0.1) is 16.0 Å². The third-order valence-corrected chi connectivity index (χ3v) is 6.25. The van der Waals surface area contributed by atoms with Crippen LogP contribution in [-0.2, 0) is 0 Å². The molecule has 28 heavy (non-hydrogen) atoms. The highest BCUT2D eigenvalue weighted by atomic mass is 32.1. The van der Waals surface area contributed by atoms with E-state index in [0.717, 1.165) is 11.3 Å². The highest BCUT2D eigenvalue weighted by molar-refractivity contribution is 7.80. The fraction of sp³-hybridized carbons (Fsp3) is 0.381. The molecule has 0 aromatic heterocycles. The predicted molar refractivity (Wildman–Crippen MR) is 113 cm³/mol. The number of anilines is 1. The van der Waals surface area contributed by atoms with E-state index in [1.807, 2.05) is 11.8 Å². The van der Waals surface area contributed by atoms with E-state index >= 15 is 0 Å². The lowest BCUT2D eigenvalue weighted by molar-refractivity contribution is -0.385. The summed E-state index contributed by atoms with van der Waals surface area (Å²) in [6, 6.07) is 13.0. The van der Waals surface area contributed by atoms with Gasteiger partial charge in [-0.2, -0.15) is 0 Å². The van der Waals surface area contributed by atoms with Crippen LogP contribution in [0.4, 0.5) is 11.4 Å². The van der Waals surface area contributed by atoms with Crippen LogP contribution in [0.3, 0.4) is 0 Å². The van der Waals surface area contributed by atoms with Crippen molar-refractivity contribution in [3.8, 4) is 5.75 Å². The van der Waals surface area contributed by atoms with E-state index in [1.165, 1.54) is 11.6 Å². The van der Waals surface area contributed by atoms with E-state index in [2.05, 4.69) is 50.4 Å². The zero-order valence-corrected chi connectivity index (χ0v) is 17.1. The maximum absolute atomic E-state index is 11.2. The van der Waals surface area contributed by atoms with Crippen LogP contribution < -0.4 is 15.0 Å². The summed E-state index contributed by atoms with van der Waals surface area (Å²) in [5.41, 5.74) is 2.35. The quantitative estimate of drug-likeness (QED) is 0.451. The zero-order valence-electron chi connectivity index (χ0n) is 16.3. The lowest BCUT2D eigenvalue weighted by Crippen LogP contribution is -2.69. The molecule has 0 amide bonds. The molecule has 1 saturated heterocycles. The van der Waals surface area contributed by atoms with Crippen LogP contribution in [-0.4, -0.2) is 15.8 Å². The van der Waals surface area contributed by atoms with Crippen molar-refractivity contribution < 1.29 is 9.66 Å². The SMILES string of the molecule is CC(C)c1ccc(N2C(=S)N[C@@H]3c4cc([N+](=O)[O-])ccc4O[C@@]2(C)[C@@H]3C)cc1. The standard InChI is InChI=1S/C21H23N3O3S/c1-12(2)14-5-7-15(8-6-14)23-20(28)22-19-13(3)21(23,4)27-18-10-9-16(24(25)26)11-17(18)19/h5-13,19H,1-4H3,(H,22,28)/t13-,19+,21+/m1/s1. The van der Waals surface area contributed by atoms with Crippen LogP contribution >= 0.6 is 12.2 Å². The van der Waals surface area contributed by atoms with Crippen molar-refractivity contribution in [1.29, 1.82) is 0 Å². The second-order valence-corrected chi connectivity index (χ2v) is 8.32. The molecule has 7 heteroatoms. The number of nitro groups is 1. The van der Waals surface area contributed by atoms with Gasteiger partial charge >= 0.3 is 0 Å². The Morgan fingerprint density at radius 1 is 1.25 bits per heavy atom. The Morgan fingerprint density at radius 2 is 1.93 bits per heavy atom. The van der Waals surface area contributed by atoms with E-state index in [1.54, 1.807) is 12.1 Å². The van der Waals surface area contributed by atoms with Gasteiger partial charge in [0.25, 0.3) is 5.69 Å². The number of rotatable bonds is 3. The van der Waals surface area contributed by atoms with Gasteiger partial charge in [0, 0.05) is 29.3 Å². The van der Waals surface area contributed by atoms with Crippen LogP contribution in [0.15, 0.2) is 42.5 Å². The number of hydrogen-bond acceptors (Lipinski definition) is 4. The lowest BCUT2D eigenvalue weighted by Gasteiger charge is -2.56. The number of non-ortho nitro benzene ring substituents is 1. The number of thiocarbonyl (C=S) groups is 1. The molecule has 0 saturated carbocycles. The average Bonchev–Trinajstić information content (AvgIpc) is 2.64. The van der Waals surface area contributed by atoms with Gasteiger partial charge in [-0.25, -0.2) is 0 Å². The highest BCUT2D eigenvalue weighted by Crippen LogP contribution is 2.49. The van der Waals surface area contributed by atoms with Crippen LogP contribution in [0.1, 0.15) is 50.8 Å². The first-order valence-corrected chi connectivity index (χ1v) is 9.81. The first-order chi connectivity index (χ1) is 13.2. The third kappa shape index (κ3) is 2.73. The predicted octanol–water partition coefficient (Wildman–Crippen LogP) is 4.90. The summed E-state index contributed by atoms with van der Waals surface area (Å²) in [7, 11) is 0. The lowest BCUT2D eigenvalue weighted by atomic mass is 9.80. The molecule has 0 aliphatic carbocycles. The Labute approximate surface area is 169 Å². The monoisotopic (exact) mass is 397 g/mol. The summed E-state index contributed by atoms with van der Waals surface area (Å²) in [5, 5.41) is 15.1. The molecule has 146 valence electrons. The van der Waals surface area contributed by atoms with Crippen LogP contribution in [0.25, 0.3) is 0 Å². The van der Waals surface area contributed by atoms with Gasteiger partial charge in [0.05, 0.1) is 11.0 Å². The molecule has 1 fully saturated rings. The topological polar surface area (TPSA) is 67.6 Å². The smallest absolute Gasteiger partial charge is 0.270 e. The molecule has 1 N–H and O–H groups in total. The second kappa shape index (κ2) is 6.44. The molecule has 2 aliphatic rings. The molecule has 4 rings (SSSR count). The first-order valence-electron chi connectivity index (χ1n) is 9.40. The molecule has 2 aliphatic heterocycles. The minimum atomic E-state index is -0.699. The van der Waals surface area contributed by atoms with E-state index in [4.69, 9.17) is 17.0 Å². The summed E-state index contributed by atoms with van der Waals surface area (Å²) >= 11 is 5.69. The largest absolute Gasteiger partial charge is 0.467 e. The van der Waals surface area contributed by atoms with Crippen molar-refractivity contribution >= 4 is 28.7 Å². The Kier molecular flexibility index (Phi) is 4.30. The van der Waals surface area contributed by atoms with Crippen molar-refractivity contribution in [2.24, 2.45) is 5.92 Å². The Morgan fingerprint density at radius 3 is 2.54 bits per heavy atom. The molecular weight excluding hydrogens is 374 g/mol. The van der Waals surface area contributed by atoms with Gasteiger partial charge < -0.3 is 10.1 Å². The molecule has 3 atom stereocenters. The maximum Gasteiger partial charge on any atom is 0.270 e. The number of fused-ring (bicyclic) bond motifs is 4. The fourth-order valence-corrected chi connectivity index (χ4v) is 4.53. The first kappa shape index (κ1) is 18.7. The Bertz CT molecular complexity index is 960. The molecule has 0 radical (unpaired) electrons. The van der Waals surface area contributed by atoms with Gasteiger partial charge in [0.1, 0.15) is 5.75 Å². The maximum atomic E-state index is 11.2. The van der Waals surface area contributed by atoms with Crippen molar-refractivity contribution in [3.63, 3.8) is 0 Å². The van der Waals surface area contributed by atoms with E-state index in [9.17, 15) is 10.1 Å². The van der Waals surface area contributed by atoms with E-state index in [0.29, 0.717) is 16.8 Å². The van der Waals surface area contributed by atoms with Gasteiger partial charge in [0.15, 0.2) is 10.8 Å². The molecule has 2 aromatic carbocycles. The van der Waals surface area contributed by atoms with Gasteiger partial charge in [-0.15, -0.1) is 0 Å². The van der Waals surface area contributed by atoms with Crippen molar-refractivity contribution in [1.82, 2.24) is 5.32 Å². The molecule has 0 unspecified atom stereocenters. The van der Waals surface area contributed by atoms with Gasteiger partial charge in [0.2, 0.25) is 0 Å². The summed E-state index contributed by atoms with van der Waals surface area (Å²) in [5.74, 6) is 1.11.